The van der Waals surface area contributed by atoms with Crippen LogP contribution in [-0.4, -0.2) is 26.3 Å². The summed E-state index contributed by atoms with van der Waals surface area (Å²) in [6, 6.07) is 4.92. The fraction of sp³-hybridized carbons (Fsp3) is 0.222. The predicted octanol–water partition coefficient (Wildman–Crippen LogP) is 2.09. The number of hydrogen-bond acceptors (Lipinski definition) is 3. The number of carbonyl (C=O) groups is 1. The van der Waals surface area contributed by atoms with Crippen LogP contribution in [0.2, 0.25) is 5.02 Å². The molecule has 0 unspecified atom stereocenters. The molecule has 1 aromatic carbocycles. The van der Waals surface area contributed by atoms with Gasteiger partial charge in [-0.15, -0.1) is 0 Å². The molecule has 0 saturated carbocycles. The number of amides is 1. The van der Waals surface area contributed by atoms with E-state index in [1.54, 1.807) is 18.2 Å². The Bertz CT molecular complexity index is 515. The maximum atomic E-state index is 11.3. The van der Waals surface area contributed by atoms with Crippen LogP contribution in [0.3, 0.4) is 0 Å². The maximum Gasteiger partial charge on any atom is 0.239 e. The van der Waals surface area contributed by atoms with Crippen molar-refractivity contribution in [2.45, 2.75) is 0 Å². The minimum Gasteiger partial charge on any atom is -0.324 e. The molecule has 1 aromatic rings. The van der Waals surface area contributed by atoms with Gasteiger partial charge in [0.2, 0.25) is 5.91 Å². The summed E-state index contributed by atoms with van der Waals surface area (Å²) in [5.41, 5.74) is 0.379. The summed E-state index contributed by atoms with van der Waals surface area (Å²) in [4.78, 5) is 11.3. The van der Waals surface area contributed by atoms with Crippen molar-refractivity contribution >= 4 is 49.0 Å². The minimum absolute atomic E-state index is 0.352. The van der Waals surface area contributed by atoms with Gasteiger partial charge >= 0.3 is 0 Å². The Hall–Kier alpha value is -0.590. The molecule has 88 valence electrons. The van der Waals surface area contributed by atoms with Gasteiger partial charge in [0.15, 0.2) is 9.84 Å². The van der Waals surface area contributed by atoms with Gasteiger partial charge in [0, 0.05) is 10.7 Å². The second-order valence-electron chi connectivity index (χ2n) is 3.24. The average Bonchev–Trinajstić information content (AvgIpc) is 2.08. The lowest BCUT2D eigenvalue weighted by Gasteiger charge is -2.06. The van der Waals surface area contributed by atoms with Crippen LogP contribution in [0, 0.1) is 0 Å². The molecule has 0 spiro atoms. The quantitative estimate of drug-likeness (QED) is 0.925. The molecule has 0 aliphatic carbocycles. The summed E-state index contributed by atoms with van der Waals surface area (Å²) in [6.07, 6.45) is 0.995. The first-order valence-corrected chi connectivity index (χ1v) is 7.44. The highest BCUT2D eigenvalue weighted by Gasteiger charge is 2.12. The van der Waals surface area contributed by atoms with E-state index in [0.29, 0.717) is 10.7 Å². The summed E-state index contributed by atoms with van der Waals surface area (Å²) in [6.45, 7) is 0. The first kappa shape index (κ1) is 13.5. The number of anilines is 1. The van der Waals surface area contributed by atoms with Gasteiger partial charge in [-0.2, -0.15) is 0 Å². The van der Waals surface area contributed by atoms with Gasteiger partial charge in [0.05, 0.1) is 10.7 Å². The van der Waals surface area contributed by atoms with Crippen LogP contribution in [0.4, 0.5) is 5.69 Å². The molecule has 4 nitrogen and oxygen atoms in total. The molecule has 0 heterocycles. The first-order valence-electron chi connectivity index (χ1n) is 4.20. The number of nitrogens with one attached hydrogen (secondary N) is 1. The third-order valence-electron chi connectivity index (χ3n) is 1.60. The summed E-state index contributed by atoms with van der Waals surface area (Å²) < 4.78 is 22.5. The number of carbonyl (C=O) groups excluding carboxylic acids is 1. The van der Waals surface area contributed by atoms with E-state index in [0.717, 1.165) is 10.7 Å². The van der Waals surface area contributed by atoms with E-state index in [1.165, 1.54) is 0 Å². The summed E-state index contributed by atoms with van der Waals surface area (Å²) in [7, 11) is -3.33. The number of sulfone groups is 1. The van der Waals surface area contributed by atoms with E-state index >= 15 is 0 Å². The summed E-state index contributed by atoms with van der Waals surface area (Å²) in [5, 5.41) is 2.78. The Balaban J connectivity index is 2.81. The maximum absolute atomic E-state index is 11.3. The van der Waals surface area contributed by atoms with Crippen LogP contribution in [0.15, 0.2) is 22.7 Å². The minimum atomic E-state index is -3.33. The monoisotopic (exact) mass is 325 g/mol. The predicted molar refractivity (Wildman–Crippen MR) is 67.5 cm³/mol. The molecule has 0 bridgehead atoms. The van der Waals surface area contributed by atoms with E-state index in [4.69, 9.17) is 11.6 Å². The SMILES string of the molecule is CS(=O)(=O)CC(=O)Nc1cc(Br)ccc1Cl. The van der Waals surface area contributed by atoms with E-state index in [1.807, 2.05) is 0 Å². The Kier molecular flexibility index (Phi) is 4.35. The van der Waals surface area contributed by atoms with Crippen molar-refractivity contribution in [2.75, 3.05) is 17.3 Å². The number of rotatable bonds is 3. The van der Waals surface area contributed by atoms with Crippen LogP contribution >= 0.6 is 27.5 Å². The second-order valence-corrected chi connectivity index (χ2v) is 6.71. The van der Waals surface area contributed by atoms with Crippen molar-refractivity contribution < 1.29 is 13.2 Å². The number of hydrogen-bond donors (Lipinski definition) is 1. The fourth-order valence-electron chi connectivity index (χ4n) is 1.02. The van der Waals surface area contributed by atoms with Crippen LogP contribution in [0.25, 0.3) is 0 Å². The third kappa shape index (κ3) is 4.51. The number of benzene rings is 1. The van der Waals surface area contributed by atoms with Crippen molar-refractivity contribution in [2.24, 2.45) is 0 Å². The Morgan fingerprint density at radius 2 is 2.12 bits per heavy atom. The van der Waals surface area contributed by atoms with E-state index in [-0.39, 0.29) is 0 Å². The molecule has 0 aliphatic heterocycles. The van der Waals surface area contributed by atoms with Crippen LogP contribution in [-0.2, 0) is 14.6 Å². The molecule has 0 atom stereocenters. The Labute approximate surface area is 107 Å². The standard InChI is InChI=1S/C9H9BrClNO3S/c1-16(14,15)5-9(13)12-8-4-6(10)2-3-7(8)11/h2-4H,5H2,1H3,(H,12,13). The molecule has 0 aromatic heterocycles. The third-order valence-corrected chi connectivity index (χ3v) is 3.21. The van der Waals surface area contributed by atoms with Gasteiger partial charge in [0.1, 0.15) is 5.75 Å². The highest BCUT2D eigenvalue weighted by atomic mass is 79.9. The zero-order valence-electron chi connectivity index (χ0n) is 8.33. The van der Waals surface area contributed by atoms with Crippen molar-refractivity contribution in [3.63, 3.8) is 0 Å². The first-order chi connectivity index (χ1) is 7.28. The molecule has 1 N–H and O–H groups in total. The fourth-order valence-corrected chi connectivity index (χ4v) is 2.09. The van der Waals surface area contributed by atoms with Gasteiger partial charge in [-0.3, -0.25) is 4.79 Å². The highest BCUT2D eigenvalue weighted by Crippen LogP contribution is 2.25. The molecule has 0 aliphatic rings. The van der Waals surface area contributed by atoms with Crippen molar-refractivity contribution in [3.05, 3.63) is 27.7 Å². The van der Waals surface area contributed by atoms with Crippen molar-refractivity contribution in [3.8, 4) is 0 Å². The van der Waals surface area contributed by atoms with Gasteiger partial charge < -0.3 is 5.32 Å². The van der Waals surface area contributed by atoms with Crippen molar-refractivity contribution in [1.82, 2.24) is 0 Å². The van der Waals surface area contributed by atoms with E-state index in [9.17, 15) is 13.2 Å². The molecule has 7 heteroatoms. The van der Waals surface area contributed by atoms with E-state index in [2.05, 4.69) is 21.2 Å². The van der Waals surface area contributed by atoms with Gasteiger partial charge in [-0.05, 0) is 18.2 Å². The van der Waals surface area contributed by atoms with Crippen LogP contribution in [0.5, 0.6) is 0 Å². The lowest BCUT2D eigenvalue weighted by atomic mass is 10.3. The topological polar surface area (TPSA) is 63.2 Å². The molecule has 0 fully saturated rings. The molecule has 16 heavy (non-hydrogen) atoms. The lowest BCUT2D eigenvalue weighted by molar-refractivity contribution is -0.113. The largest absolute Gasteiger partial charge is 0.324 e. The molecular formula is C9H9BrClNO3S. The molecule has 0 saturated heterocycles. The lowest BCUT2D eigenvalue weighted by Crippen LogP contribution is -2.22. The number of halogens is 2. The van der Waals surface area contributed by atoms with Gasteiger partial charge in [0.25, 0.3) is 0 Å². The van der Waals surface area contributed by atoms with Gasteiger partial charge in [-0.1, -0.05) is 27.5 Å². The zero-order valence-corrected chi connectivity index (χ0v) is 11.5. The molecule has 0 radical (unpaired) electrons. The Morgan fingerprint density at radius 1 is 1.50 bits per heavy atom. The van der Waals surface area contributed by atoms with Crippen LogP contribution < -0.4 is 5.32 Å². The van der Waals surface area contributed by atoms with Crippen molar-refractivity contribution in [1.29, 1.82) is 0 Å². The molecule has 1 rings (SSSR count). The van der Waals surface area contributed by atoms with Gasteiger partial charge in [-0.25, -0.2) is 8.42 Å². The Morgan fingerprint density at radius 3 is 2.69 bits per heavy atom. The zero-order chi connectivity index (χ0) is 12.3. The molecule has 1 amide bonds. The van der Waals surface area contributed by atoms with Crippen LogP contribution in [0.1, 0.15) is 0 Å². The smallest absolute Gasteiger partial charge is 0.239 e. The average molecular weight is 327 g/mol. The van der Waals surface area contributed by atoms with E-state index < -0.39 is 21.5 Å². The normalized spacial score (nSPS) is 11.2. The second kappa shape index (κ2) is 5.16. The highest BCUT2D eigenvalue weighted by molar-refractivity contribution is 9.10. The summed E-state index contributed by atoms with van der Waals surface area (Å²) in [5.74, 6) is -1.17. The molecular weight excluding hydrogens is 318 g/mol. The summed E-state index contributed by atoms with van der Waals surface area (Å²) >= 11 is 9.05.